The molecule has 0 radical (unpaired) electrons. The van der Waals surface area contributed by atoms with Crippen LogP contribution in [-0.4, -0.2) is 30.5 Å². The minimum Gasteiger partial charge on any atom is -0.309 e. The summed E-state index contributed by atoms with van der Waals surface area (Å²) >= 11 is 0. The van der Waals surface area contributed by atoms with Gasteiger partial charge in [0.15, 0.2) is 0 Å². The van der Waals surface area contributed by atoms with Crippen molar-refractivity contribution < 1.29 is 4.39 Å². The van der Waals surface area contributed by atoms with E-state index in [1.54, 1.807) is 12.3 Å². The van der Waals surface area contributed by atoms with Gasteiger partial charge in [-0.15, -0.1) is 0 Å². The molecule has 0 aromatic carbocycles. The Kier molecular flexibility index (Phi) is 4.61. The number of hydrogen-bond donors (Lipinski definition) is 2. The van der Waals surface area contributed by atoms with Crippen molar-refractivity contribution in [3.63, 3.8) is 0 Å². The Morgan fingerprint density at radius 2 is 2.33 bits per heavy atom. The van der Waals surface area contributed by atoms with E-state index in [9.17, 15) is 4.39 Å². The molecule has 0 saturated carbocycles. The molecule has 1 unspecified atom stereocenters. The SMILES string of the molecule is CN(C)CCC(NN)c1ccncc1F. The van der Waals surface area contributed by atoms with Crippen molar-refractivity contribution in [3.8, 4) is 0 Å². The summed E-state index contributed by atoms with van der Waals surface area (Å²) in [6.45, 7) is 0.844. The van der Waals surface area contributed by atoms with Crippen LogP contribution in [-0.2, 0) is 0 Å². The smallest absolute Gasteiger partial charge is 0.146 e. The van der Waals surface area contributed by atoms with Crippen LogP contribution in [0, 0.1) is 5.82 Å². The van der Waals surface area contributed by atoms with E-state index in [2.05, 4.69) is 10.4 Å². The van der Waals surface area contributed by atoms with E-state index in [0.717, 1.165) is 13.0 Å². The normalized spacial score (nSPS) is 13.1. The van der Waals surface area contributed by atoms with Gasteiger partial charge in [0, 0.05) is 11.8 Å². The molecule has 1 atom stereocenters. The second-order valence-electron chi connectivity index (χ2n) is 3.71. The van der Waals surface area contributed by atoms with Crippen LogP contribution in [0.2, 0.25) is 0 Å². The summed E-state index contributed by atoms with van der Waals surface area (Å²) in [5.74, 6) is 5.08. The molecular formula is C10H17FN4. The first-order chi connectivity index (χ1) is 7.15. The van der Waals surface area contributed by atoms with Gasteiger partial charge in [-0.2, -0.15) is 0 Å². The van der Waals surface area contributed by atoms with Crippen LogP contribution in [0.1, 0.15) is 18.0 Å². The Hall–Kier alpha value is -1.04. The van der Waals surface area contributed by atoms with Crippen LogP contribution in [0.4, 0.5) is 4.39 Å². The third kappa shape index (κ3) is 3.54. The maximum Gasteiger partial charge on any atom is 0.146 e. The number of nitrogens with one attached hydrogen (secondary N) is 1. The highest BCUT2D eigenvalue weighted by Crippen LogP contribution is 2.18. The number of nitrogens with zero attached hydrogens (tertiary/aromatic N) is 2. The van der Waals surface area contributed by atoms with Crippen molar-refractivity contribution in [2.75, 3.05) is 20.6 Å². The molecule has 0 aliphatic carbocycles. The van der Waals surface area contributed by atoms with Gasteiger partial charge in [-0.3, -0.25) is 16.3 Å². The topological polar surface area (TPSA) is 54.2 Å². The molecule has 1 rings (SSSR count). The zero-order chi connectivity index (χ0) is 11.3. The lowest BCUT2D eigenvalue weighted by atomic mass is 10.1. The fourth-order valence-corrected chi connectivity index (χ4v) is 1.38. The number of halogens is 1. The zero-order valence-electron chi connectivity index (χ0n) is 9.07. The standard InChI is InChI=1S/C10H17FN4/c1-15(2)6-4-10(14-12)8-3-5-13-7-9(8)11/h3,5,7,10,14H,4,6,12H2,1-2H3. The second-order valence-corrected chi connectivity index (χ2v) is 3.71. The van der Waals surface area contributed by atoms with Crippen molar-refractivity contribution in [1.82, 2.24) is 15.3 Å². The van der Waals surface area contributed by atoms with E-state index in [0.29, 0.717) is 5.56 Å². The van der Waals surface area contributed by atoms with E-state index in [-0.39, 0.29) is 11.9 Å². The number of rotatable bonds is 5. The average Bonchev–Trinajstić information content (AvgIpc) is 2.21. The van der Waals surface area contributed by atoms with Crippen LogP contribution in [0.5, 0.6) is 0 Å². The van der Waals surface area contributed by atoms with Gasteiger partial charge in [0.1, 0.15) is 5.82 Å². The summed E-state index contributed by atoms with van der Waals surface area (Å²) in [4.78, 5) is 5.73. The molecule has 1 aromatic rings. The van der Waals surface area contributed by atoms with Crippen molar-refractivity contribution in [1.29, 1.82) is 0 Å². The van der Waals surface area contributed by atoms with Gasteiger partial charge in [0.05, 0.1) is 12.2 Å². The molecule has 15 heavy (non-hydrogen) atoms. The van der Waals surface area contributed by atoms with Crippen LogP contribution >= 0.6 is 0 Å². The Labute approximate surface area is 89.3 Å². The molecule has 0 spiro atoms. The lowest BCUT2D eigenvalue weighted by molar-refractivity contribution is 0.358. The summed E-state index contributed by atoms with van der Waals surface area (Å²) in [5.41, 5.74) is 3.18. The monoisotopic (exact) mass is 212 g/mol. The number of hydrogen-bond acceptors (Lipinski definition) is 4. The minimum absolute atomic E-state index is 0.171. The molecule has 1 heterocycles. The number of aromatic nitrogens is 1. The molecule has 1 aromatic heterocycles. The van der Waals surface area contributed by atoms with Crippen LogP contribution in [0.25, 0.3) is 0 Å². The van der Waals surface area contributed by atoms with Crippen molar-refractivity contribution >= 4 is 0 Å². The van der Waals surface area contributed by atoms with E-state index in [1.807, 2.05) is 19.0 Å². The third-order valence-electron chi connectivity index (χ3n) is 2.25. The molecular weight excluding hydrogens is 195 g/mol. The third-order valence-corrected chi connectivity index (χ3v) is 2.25. The Morgan fingerprint density at radius 1 is 1.60 bits per heavy atom. The maximum absolute atomic E-state index is 13.4. The summed E-state index contributed by atoms with van der Waals surface area (Å²) in [6.07, 6.45) is 3.53. The molecule has 84 valence electrons. The van der Waals surface area contributed by atoms with Crippen LogP contribution < -0.4 is 11.3 Å². The zero-order valence-corrected chi connectivity index (χ0v) is 9.07. The van der Waals surface area contributed by atoms with Crippen LogP contribution in [0.3, 0.4) is 0 Å². The first-order valence-electron chi connectivity index (χ1n) is 4.85. The molecule has 5 heteroatoms. The fraction of sp³-hybridized carbons (Fsp3) is 0.500. The number of hydrazine groups is 1. The predicted octanol–water partition coefficient (Wildman–Crippen LogP) is 0.677. The maximum atomic E-state index is 13.4. The van der Waals surface area contributed by atoms with Crippen LogP contribution in [0.15, 0.2) is 18.5 Å². The summed E-state index contributed by atoms with van der Waals surface area (Å²) < 4.78 is 13.4. The lowest BCUT2D eigenvalue weighted by Crippen LogP contribution is -2.31. The molecule has 4 nitrogen and oxygen atoms in total. The van der Waals surface area contributed by atoms with Gasteiger partial charge in [-0.1, -0.05) is 0 Å². The van der Waals surface area contributed by atoms with E-state index in [1.165, 1.54) is 6.20 Å². The Bertz CT molecular complexity index is 303. The first-order valence-corrected chi connectivity index (χ1v) is 4.85. The molecule has 0 aliphatic heterocycles. The second kappa shape index (κ2) is 5.75. The van der Waals surface area contributed by atoms with Gasteiger partial charge in [0.25, 0.3) is 0 Å². The highest BCUT2D eigenvalue weighted by Gasteiger charge is 2.13. The van der Waals surface area contributed by atoms with E-state index < -0.39 is 0 Å². The van der Waals surface area contributed by atoms with Crippen molar-refractivity contribution in [2.45, 2.75) is 12.5 Å². The molecule has 0 fully saturated rings. The highest BCUT2D eigenvalue weighted by atomic mass is 19.1. The van der Waals surface area contributed by atoms with Gasteiger partial charge >= 0.3 is 0 Å². The van der Waals surface area contributed by atoms with Crippen molar-refractivity contribution in [2.24, 2.45) is 5.84 Å². The fourth-order valence-electron chi connectivity index (χ4n) is 1.38. The van der Waals surface area contributed by atoms with E-state index in [4.69, 9.17) is 5.84 Å². The minimum atomic E-state index is -0.320. The average molecular weight is 212 g/mol. The first kappa shape index (κ1) is 12.0. The molecule has 0 bridgehead atoms. The molecule has 0 amide bonds. The Morgan fingerprint density at radius 3 is 2.87 bits per heavy atom. The quantitative estimate of drug-likeness (QED) is 0.556. The number of pyridine rings is 1. The van der Waals surface area contributed by atoms with Gasteiger partial charge in [-0.25, -0.2) is 4.39 Å². The van der Waals surface area contributed by atoms with Gasteiger partial charge in [0.2, 0.25) is 0 Å². The number of nitrogens with two attached hydrogens (primary N) is 1. The summed E-state index contributed by atoms with van der Waals surface area (Å²) in [7, 11) is 3.94. The molecule has 0 aliphatic rings. The molecule has 0 saturated heterocycles. The van der Waals surface area contributed by atoms with E-state index >= 15 is 0 Å². The largest absolute Gasteiger partial charge is 0.309 e. The van der Waals surface area contributed by atoms with Gasteiger partial charge < -0.3 is 4.90 Å². The van der Waals surface area contributed by atoms with Gasteiger partial charge in [-0.05, 0) is 33.1 Å². The Balaban J connectivity index is 2.70. The summed E-state index contributed by atoms with van der Waals surface area (Å²) in [5, 5.41) is 0. The predicted molar refractivity (Wildman–Crippen MR) is 57.4 cm³/mol. The highest BCUT2D eigenvalue weighted by molar-refractivity contribution is 5.17. The summed E-state index contributed by atoms with van der Waals surface area (Å²) in [6, 6.07) is 1.48. The lowest BCUT2D eigenvalue weighted by Gasteiger charge is -2.18. The molecule has 3 N–H and O–H groups in total. The van der Waals surface area contributed by atoms with Crippen molar-refractivity contribution in [3.05, 3.63) is 29.8 Å².